The van der Waals surface area contributed by atoms with Gasteiger partial charge in [0.15, 0.2) is 0 Å². The second-order valence-electron chi connectivity index (χ2n) is 5.79. The van der Waals surface area contributed by atoms with Crippen LogP contribution in [-0.4, -0.2) is 35.8 Å². The van der Waals surface area contributed by atoms with Crippen LogP contribution < -0.4 is 5.32 Å². The quantitative estimate of drug-likeness (QED) is 0.870. The first-order valence-electron chi connectivity index (χ1n) is 7.72. The molecule has 2 unspecified atom stereocenters. The summed E-state index contributed by atoms with van der Waals surface area (Å²) in [7, 11) is 0. The highest BCUT2D eigenvalue weighted by molar-refractivity contribution is 5.89. The highest BCUT2D eigenvalue weighted by Gasteiger charge is 2.34. The Bertz CT molecular complexity index is 487. The van der Waals surface area contributed by atoms with Crippen molar-refractivity contribution >= 4 is 11.8 Å². The van der Waals surface area contributed by atoms with E-state index in [0.717, 1.165) is 12.8 Å². The van der Waals surface area contributed by atoms with Crippen molar-refractivity contribution in [2.24, 2.45) is 5.92 Å². The number of amides is 2. The van der Waals surface area contributed by atoms with E-state index < -0.39 is 0 Å². The maximum Gasteiger partial charge on any atom is 0.225 e. The molecule has 2 rings (SSSR count). The van der Waals surface area contributed by atoms with Gasteiger partial charge in [-0.1, -0.05) is 37.3 Å². The molecule has 1 aliphatic rings. The SMILES string of the molecule is CCC(C)NC(=O)C1CC(=O)N(CCc2ccccc2)C1. The lowest BCUT2D eigenvalue weighted by atomic mass is 10.1. The van der Waals surface area contributed by atoms with E-state index in [1.165, 1.54) is 5.56 Å². The molecule has 2 amide bonds. The standard InChI is InChI=1S/C17H24N2O2/c1-3-13(2)18-17(21)15-11-16(20)19(12-15)10-9-14-7-5-4-6-8-14/h4-8,13,15H,3,9-12H2,1-2H3,(H,18,21). The molecule has 1 saturated heterocycles. The minimum Gasteiger partial charge on any atom is -0.353 e. The molecular weight excluding hydrogens is 264 g/mol. The number of nitrogens with one attached hydrogen (secondary N) is 1. The fraction of sp³-hybridized carbons (Fsp3) is 0.529. The van der Waals surface area contributed by atoms with E-state index >= 15 is 0 Å². The maximum atomic E-state index is 12.1. The topological polar surface area (TPSA) is 49.4 Å². The van der Waals surface area contributed by atoms with Gasteiger partial charge in [0.2, 0.25) is 11.8 Å². The zero-order chi connectivity index (χ0) is 15.2. The number of nitrogens with zero attached hydrogens (tertiary/aromatic N) is 1. The van der Waals surface area contributed by atoms with E-state index in [4.69, 9.17) is 0 Å². The summed E-state index contributed by atoms with van der Waals surface area (Å²) in [5, 5.41) is 2.97. The molecule has 0 spiro atoms. The molecule has 0 bridgehead atoms. The lowest BCUT2D eigenvalue weighted by Gasteiger charge is -2.18. The highest BCUT2D eigenvalue weighted by atomic mass is 16.2. The largest absolute Gasteiger partial charge is 0.353 e. The van der Waals surface area contributed by atoms with Crippen molar-refractivity contribution in [1.82, 2.24) is 10.2 Å². The van der Waals surface area contributed by atoms with Gasteiger partial charge in [-0.3, -0.25) is 9.59 Å². The summed E-state index contributed by atoms with van der Waals surface area (Å²) >= 11 is 0. The predicted octanol–water partition coefficient (Wildman–Crippen LogP) is 1.99. The van der Waals surface area contributed by atoms with Crippen molar-refractivity contribution in [2.75, 3.05) is 13.1 Å². The number of hydrogen-bond donors (Lipinski definition) is 1. The van der Waals surface area contributed by atoms with Gasteiger partial charge in [-0.25, -0.2) is 0 Å². The van der Waals surface area contributed by atoms with E-state index in [-0.39, 0.29) is 23.8 Å². The Hall–Kier alpha value is -1.84. The summed E-state index contributed by atoms with van der Waals surface area (Å²) in [6.07, 6.45) is 2.09. The molecule has 4 nitrogen and oxygen atoms in total. The molecule has 21 heavy (non-hydrogen) atoms. The fourth-order valence-electron chi connectivity index (χ4n) is 2.54. The minimum absolute atomic E-state index is 0.0138. The number of benzene rings is 1. The molecule has 1 aromatic carbocycles. The summed E-state index contributed by atoms with van der Waals surface area (Å²) in [5.74, 6) is -0.0857. The zero-order valence-electron chi connectivity index (χ0n) is 12.8. The molecule has 1 N–H and O–H groups in total. The number of carbonyl (C=O) groups excluding carboxylic acids is 2. The number of likely N-dealkylation sites (tertiary alicyclic amines) is 1. The van der Waals surface area contributed by atoms with Gasteiger partial charge >= 0.3 is 0 Å². The zero-order valence-corrected chi connectivity index (χ0v) is 12.8. The van der Waals surface area contributed by atoms with Gasteiger partial charge in [-0.2, -0.15) is 0 Å². The van der Waals surface area contributed by atoms with Gasteiger partial charge in [0, 0.05) is 25.6 Å². The first-order chi connectivity index (χ1) is 10.1. The Morgan fingerprint density at radius 1 is 1.38 bits per heavy atom. The van der Waals surface area contributed by atoms with E-state index in [1.807, 2.05) is 36.9 Å². The van der Waals surface area contributed by atoms with E-state index in [9.17, 15) is 9.59 Å². The Kier molecular flexibility index (Phi) is 5.37. The number of hydrogen-bond acceptors (Lipinski definition) is 2. The van der Waals surface area contributed by atoms with Crippen LogP contribution in [0.4, 0.5) is 0 Å². The van der Waals surface area contributed by atoms with E-state index in [0.29, 0.717) is 19.5 Å². The summed E-state index contributed by atoms with van der Waals surface area (Å²) in [6, 6.07) is 10.3. The van der Waals surface area contributed by atoms with Crippen molar-refractivity contribution in [1.29, 1.82) is 0 Å². The normalized spacial score (nSPS) is 19.6. The summed E-state index contributed by atoms with van der Waals surface area (Å²) < 4.78 is 0. The molecule has 1 heterocycles. The van der Waals surface area contributed by atoms with E-state index in [2.05, 4.69) is 17.4 Å². The van der Waals surface area contributed by atoms with Gasteiger partial charge < -0.3 is 10.2 Å². The summed E-state index contributed by atoms with van der Waals surface area (Å²) in [5.41, 5.74) is 1.22. The number of carbonyl (C=O) groups is 2. The molecular formula is C17H24N2O2. The highest BCUT2D eigenvalue weighted by Crippen LogP contribution is 2.18. The molecule has 114 valence electrons. The first-order valence-corrected chi connectivity index (χ1v) is 7.72. The van der Waals surface area contributed by atoms with Crippen LogP contribution in [0.25, 0.3) is 0 Å². The lowest BCUT2D eigenvalue weighted by molar-refractivity contribution is -0.129. The van der Waals surface area contributed by atoms with Crippen LogP contribution in [0.3, 0.4) is 0 Å². The van der Waals surface area contributed by atoms with Crippen LogP contribution in [0.5, 0.6) is 0 Å². The summed E-state index contributed by atoms with van der Waals surface area (Å²) in [4.78, 5) is 25.9. The first kappa shape index (κ1) is 15.5. The van der Waals surface area contributed by atoms with Crippen molar-refractivity contribution < 1.29 is 9.59 Å². The molecule has 0 aromatic heterocycles. The van der Waals surface area contributed by atoms with Crippen molar-refractivity contribution in [3.63, 3.8) is 0 Å². The summed E-state index contributed by atoms with van der Waals surface area (Å²) in [6.45, 7) is 5.27. The molecule has 0 saturated carbocycles. The Labute approximate surface area is 126 Å². The van der Waals surface area contributed by atoms with Crippen LogP contribution in [0, 0.1) is 5.92 Å². The van der Waals surface area contributed by atoms with Crippen molar-refractivity contribution in [3.8, 4) is 0 Å². The molecule has 1 aromatic rings. The van der Waals surface area contributed by atoms with Gasteiger partial charge in [-0.05, 0) is 25.3 Å². The van der Waals surface area contributed by atoms with Gasteiger partial charge in [0.05, 0.1) is 5.92 Å². The maximum absolute atomic E-state index is 12.1. The third kappa shape index (κ3) is 4.31. The molecule has 4 heteroatoms. The average molecular weight is 288 g/mol. The molecule has 2 atom stereocenters. The molecule has 0 radical (unpaired) electrons. The van der Waals surface area contributed by atoms with Crippen LogP contribution in [-0.2, 0) is 16.0 Å². The molecule has 0 aliphatic carbocycles. The van der Waals surface area contributed by atoms with Crippen LogP contribution in [0.1, 0.15) is 32.3 Å². The second kappa shape index (κ2) is 7.25. The minimum atomic E-state index is -0.192. The lowest BCUT2D eigenvalue weighted by Crippen LogP contribution is -2.38. The van der Waals surface area contributed by atoms with Crippen molar-refractivity contribution in [2.45, 2.75) is 39.2 Å². The van der Waals surface area contributed by atoms with Gasteiger partial charge in [0.25, 0.3) is 0 Å². The van der Waals surface area contributed by atoms with Crippen LogP contribution in [0.15, 0.2) is 30.3 Å². The monoisotopic (exact) mass is 288 g/mol. The van der Waals surface area contributed by atoms with Crippen LogP contribution >= 0.6 is 0 Å². The fourth-order valence-corrected chi connectivity index (χ4v) is 2.54. The third-order valence-electron chi connectivity index (χ3n) is 4.10. The van der Waals surface area contributed by atoms with Crippen molar-refractivity contribution in [3.05, 3.63) is 35.9 Å². The second-order valence-corrected chi connectivity index (χ2v) is 5.79. The van der Waals surface area contributed by atoms with Crippen LogP contribution in [0.2, 0.25) is 0 Å². The third-order valence-corrected chi connectivity index (χ3v) is 4.10. The average Bonchev–Trinajstić information content (AvgIpc) is 2.87. The smallest absolute Gasteiger partial charge is 0.225 e. The number of rotatable bonds is 6. The predicted molar refractivity (Wildman–Crippen MR) is 82.7 cm³/mol. The van der Waals surface area contributed by atoms with Gasteiger partial charge in [0.1, 0.15) is 0 Å². The Morgan fingerprint density at radius 3 is 2.76 bits per heavy atom. The van der Waals surface area contributed by atoms with Gasteiger partial charge in [-0.15, -0.1) is 0 Å². The Balaban J connectivity index is 1.83. The molecule has 1 fully saturated rings. The Morgan fingerprint density at radius 2 is 2.10 bits per heavy atom. The van der Waals surface area contributed by atoms with E-state index in [1.54, 1.807) is 0 Å². The molecule has 1 aliphatic heterocycles.